The monoisotopic (exact) mass is 228 g/mol. The van der Waals surface area contributed by atoms with Crippen LogP contribution in [0.15, 0.2) is 0 Å². The fraction of sp³-hybridized carbons (Fsp3) is 0.750. The van der Waals surface area contributed by atoms with Gasteiger partial charge in [-0.15, -0.1) is 0 Å². The molecule has 0 aromatic carbocycles. The lowest BCUT2D eigenvalue weighted by Gasteiger charge is -2.15. The third-order valence-corrected chi connectivity index (χ3v) is 1.12. The molecule has 0 radical (unpaired) electrons. The van der Waals surface area contributed by atoms with E-state index in [9.17, 15) is 22.8 Å². The number of carbonyl (C=O) groups is 2. The van der Waals surface area contributed by atoms with Crippen molar-refractivity contribution in [1.82, 2.24) is 0 Å². The van der Waals surface area contributed by atoms with Gasteiger partial charge in [-0.3, -0.25) is 0 Å². The van der Waals surface area contributed by atoms with Crippen LogP contribution >= 0.6 is 0 Å². The molecule has 0 aliphatic carbocycles. The number of hydrogen-bond donors (Lipinski definition) is 0. The molecule has 0 aliphatic rings. The largest absolute Gasteiger partial charge is 0.495 e. The first-order valence-corrected chi connectivity index (χ1v) is 4.01. The van der Waals surface area contributed by atoms with E-state index in [1.54, 1.807) is 20.8 Å². The van der Waals surface area contributed by atoms with Gasteiger partial charge in [-0.1, -0.05) is 20.8 Å². The Bertz CT molecular complexity index is 252. The minimum absolute atomic E-state index is 0.155. The number of carbonyl (C=O) groups excluding carboxylic acids is 2. The van der Waals surface area contributed by atoms with Crippen molar-refractivity contribution in [2.75, 3.05) is 0 Å². The standard InChI is InChI=1S/C8H11F3O4/c1-7(2,3)4-5(12)14-15-6(13)8(9,10)11/h4H2,1-3H3. The van der Waals surface area contributed by atoms with E-state index in [0.717, 1.165) is 0 Å². The highest BCUT2D eigenvalue weighted by atomic mass is 19.4. The van der Waals surface area contributed by atoms with Crippen LogP contribution in [-0.4, -0.2) is 18.1 Å². The Kier molecular flexibility index (Phi) is 4.12. The molecule has 0 aliphatic heterocycles. The van der Waals surface area contributed by atoms with Crippen LogP contribution < -0.4 is 0 Å². The van der Waals surface area contributed by atoms with Crippen molar-refractivity contribution in [2.24, 2.45) is 5.41 Å². The van der Waals surface area contributed by atoms with Gasteiger partial charge in [0.25, 0.3) is 0 Å². The molecule has 0 saturated carbocycles. The van der Waals surface area contributed by atoms with E-state index in [2.05, 4.69) is 9.78 Å². The molecule has 0 rings (SSSR count). The van der Waals surface area contributed by atoms with Crippen LogP contribution in [0.1, 0.15) is 27.2 Å². The first-order chi connectivity index (χ1) is 6.52. The summed E-state index contributed by atoms with van der Waals surface area (Å²) >= 11 is 0. The molecular formula is C8H11F3O4. The van der Waals surface area contributed by atoms with Gasteiger partial charge in [0.05, 0.1) is 6.42 Å². The van der Waals surface area contributed by atoms with Crippen molar-refractivity contribution in [3.8, 4) is 0 Å². The van der Waals surface area contributed by atoms with Gasteiger partial charge >= 0.3 is 18.1 Å². The predicted molar refractivity (Wildman–Crippen MR) is 42.3 cm³/mol. The fourth-order valence-corrected chi connectivity index (χ4v) is 0.594. The van der Waals surface area contributed by atoms with Crippen molar-refractivity contribution in [1.29, 1.82) is 0 Å². The smallest absolute Gasteiger partial charge is 0.247 e. The Balaban J connectivity index is 3.98. The second-order valence-electron chi connectivity index (χ2n) is 4.06. The maximum atomic E-state index is 11.6. The molecule has 7 heteroatoms. The van der Waals surface area contributed by atoms with Gasteiger partial charge < -0.3 is 0 Å². The molecule has 0 amide bonds. The molecule has 0 unspecified atom stereocenters. The van der Waals surface area contributed by atoms with Crippen LogP contribution in [0.5, 0.6) is 0 Å². The molecule has 0 N–H and O–H groups in total. The number of hydrogen-bond acceptors (Lipinski definition) is 4. The van der Waals surface area contributed by atoms with Gasteiger partial charge in [-0.25, -0.2) is 19.4 Å². The summed E-state index contributed by atoms with van der Waals surface area (Å²) in [5.41, 5.74) is -0.457. The highest BCUT2D eigenvalue weighted by Crippen LogP contribution is 2.20. The quantitative estimate of drug-likeness (QED) is 0.508. The SMILES string of the molecule is CC(C)(C)CC(=O)OOC(=O)C(F)(F)F. The van der Waals surface area contributed by atoms with Crippen molar-refractivity contribution < 1.29 is 32.5 Å². The molecule has 15 heavy (non-hydrogen) atoms. The summed E-state index contributed by atoms with van der Waals surface area (Å²) < 4.78 is 34.7. The topological polar surface area (TPSA) is 52.6 Å². The van der Waals surface area contributed by atoms with Gasteiger partial charge in [-0.05, 0) is 5.41 Å². The number of halogens is 3. The van der Waals surface area contributed by atoms with Gasteiger partial charge in [-0.2, -0.15) is 13.2 Å². The summed E-state index contributed by atoms with van der Waals surface area (Å²) in [6.07, 6.45) is -5.32. The molecule has 0 spiro atoms. The molecular weight excluding hydrogens is 217 g/mol. The maximum Gasteiger partial charge on any atom is 0.495 e. The molecule has 0 saturated heterocycles. The fourth-order valence-electron chi connectivity index (χ4n) is 0.594. The van der Waals surface area contributed by atoms with E-state index in [1.807, 2.05) is 0 Å². The van der Waals surface area contributed by atoms with Crippen LogP contribution in [0.25, 0.3) is 0 Å². The first-order valence-electron chi connectivity index (χ1n) is 4.01. The third-order valence-electron chi connectivity index (χ3n) is 1.12. The highest BCUT2D eigenvalue weighted by molar-refractivity contribution is 5.77. The van der Waals surface area contributed by atoms with Crippen LogP contribution in [-0.2, 0) is 19.4 Å². The second kappa shape index (κ2) is 4.50. The Morgan fingerprint density at radius 2 is 1.53 bits per heavy atom. The van der Waals surface area contributed by atoms with E-state index in [4.69, 9.17) is 0 Å². The van der Waals surface area contributed by atoms with E-state index in [-0.39, 0.29) is 6.42 Å². The highest BCUT2D eigenvalue weighted by Gasteiger charge is 2.43. The van der Waals surface area contributed by atoms with Crippen molar-refractivity contribution >= 4 is 11.9 Å². The van der Waals surface area contributed by atoms with Crippen LogP contribution in [0, 0.1) is 5.41 Å². The number of alkyl halides is 3. The van der Waals surface area contributed by atoms with E-state index in [1.165, 1.54) is 0 Å². The van der Waals surface area contributed by atoms with Crippen LogP contribution in [0.4, 0.5) is 13.2 Å². The average molecular weight is 228 g/mol. The van der Waals surface area contributed by atoms with E-state index in [0.29, 0.717) is 0 Å². The molecule has 4 nitrogen and oxygen atoms in total. The molecule has 0 fully saturated rings. The minimum atomic E-state index is -5.16. The van der Waals surface area contributed by atoms with Gasteiger partial charge in [0.1, 0.15) is 0 Å². The minimum Gasteiger partial charge on any atom is -0.247 e. The summed E-state index contributed by atoms with van der Waals surface area (Å²) in [6, 6.07) is 0. The third kappa shape index (κ3) is 6.75. The van der Waals surface area contributed by atoms with Crippen LogP contribution in [0.3, 0.4) is 0 Å². The normalized spacial score (nSPS) is 12.1. The molecule has 0 heterocycles. The summed E-state index contributed by atoms with van der Waals surface area (Å²) in [5, 5.41) is 0. The van der Waals surface area contributed by atoms with Crippen molar-refractivity contribution in [2.45, 2.75) is 33.4 Å². The van der Waals surface area contributed by atoms with E-state index >= 15 is 0 Å². The Hall–Kier alpha value is -1.27. The molecule has 0 bridgehead atoms. The zero-order valence-corrected chi connectivity index (χ0v) is 8.47. The molecule has 0 aromatic heterocycles. The predicted octanol–water partition coefficient (Wildman–Crippen LogP) is 1.99. The Morgan fingerprint density at radius 1 is 1.07 bits per heavy atom. The summed E-state index contributed by atoms with van der Waals surface area (Å²) in [4.78, 5) is 27.9. The maximum absolute atomic E-state index is 11.6. The van der Waals surface area contributed by atoms with Crippen molar-refractivity contribution in [3.63, 3.8) is 0 Å². The zero-order chi connectivity index (χ0) is 12.3. The van der Waals surface area contributed by atoms with Gasteiger partial charge in [0.2, 0.25) is 0 Å². The van der Waals surface area contributed by atoms with Gasteiger partial charge in [0.15, 0.2) is 0 Å². The molecule has 88 valence electrons. The van der Waals surface area contributed by atoms with Gasteiger partial charge in [0, 0.05) is 0 Å². The lowest BCUT2D eigenvalue weighted by Crippen LogP contribution is -2.27. The van der Waals surface area contributed by atoms with Crippen LogP contribution in [0.2, 0.25) is 0 Å². The van der Waals surface area contributed by atoms with Crippen molar-refractivity contribution in [3.05, 3.63) is 0 Å². The Labute approximate surface area is 84.3 Å². The molecule has 0 atom stereocenters. The number of rotatable bonds is 1. The van der Waals surface area contributed by atoms with E-state index < -0.39 is 23.5 Å². The first kappa shape index (κ1) is 13.7. The summed E-state index contributed by atoms with van der Waals surface area (Å²) in [6.45, 7) is 5.04. The Morgan fingerprint density at radius 3 is 1.87 bits per heavy atom. The lowest BCUT2D eigenvalue weighted by atomic mass is 9.93. The molecule has 0 aromatic rings. The average Bonchev–Trinajstić information content (AvgIpc) is 1.94. The zero-order valence-electron chi connectivity index (χ0n) is 8.47. The lowest BCUT2D eigenvalue weighted by molar-refractivity contribution is -0.286. The second-order valence-corrected chi connectivity index (χ2v) is 4.06. The summed E-state index contributed by atoms with van der Waals surface area (Å²) in [7, 11) is 0. The summed E-state index contributed by atoms with van der Waals surface area (Å²) in [5.74, 6) is -3.58.